The molecule has 7 nitrogen and oxygen atoms in total. The van der Waals surface area contributed by atoms with E-state index in [1.165, 1.54) is 24.5 Å². The van der Waals surface area contributed by atoms with E-state index in [1.54, 1.807) is 13.8 Å². The molecule has 9 heteroatoms. The zero-order chi connectivity index (χ0) is 18.4. The monoisotopic (exact) mass is 379 g/mol. The molecule has 25 heavy (non-hydrogen) atoms. The fourth-order valence-electron chi connectivity index (χ4n) is 2.04. The Bertz CT molecular complexity index is 810. The summed E-state index contributed by atoms with van der Waals surface area (Å²) in [6.07, 6.45) is 1.51. The number of nitrogens with zero attached hydrogens (tertiary/aromatic N) is 1. The number of nitrogens with one attached hydrogen (secondary N) is 2. The number of hydrogen-bond acceptors (Lipinski definition) is 7. The number of carbonyl (C=O) groups is 3. The van der Waals surface area contributed by atoms with Gasteiger partial charge in [-0.3, -0.25) is 10.1 Å². The first-order chi connectivity index (χ1) is 11.9. The van der Waals surface area contributed by atoms with Crippen LogP contribution in [0.1, 0.15) is 44.3 Å². The molecule has 2 N–H and O–H groups in total. The molecule has 0 bridgehead atoms. The van der Waals surface area contributed by atoms with Crippen LogP contribution >= 0.6 is 22.7 Å². The number of hydrogen-bond donors (Lipinski definition) is 2. The van der Waals surface area contributed by atoms with Gasteiger partial charge in [0.05, 0.1) is 23.3 Å². The molecule has 0 atom stereocenters. The van der Waals surface area contributed by atoms with Crippen molar-refractivity contribution in [3.8, 4) is 0 Å². The first-order valence-electron chi connectivity index (χ1n) is 7.39. The number of amides is 2. The number of ether oxygens (including phenoxy) is 1. The van der Waals surface area contributed by atoms with E-state index in [2.05, 4.69) is 15.8 Å². The molecule has 2 heterocycles. The number of urea groups is 1. The van der Waals surface area contributed by atoms with Crippen LogP contribution in [0.15, 0.2) is 22.6 Å². The molecule has 0 aromatic carbocycles. The van der Waals surface area contributed by atoms with Crippen molar-refractivity contribution >= 4 is 51.7 Å². The van der Waals surface area contributed by atoms with E-state index in [4.69, 9.17) is 4.74 Å². The normalized spacial score (nSPS) is 10.7. The number of rotatable bonds is 6. The Morgan fingerprint density at radius 1 is 1.36 bits per heavy atom. The molecule has 0 fully saturated rings. The Balaban J connectivity index is 2.16. The van der Waals surface area contributed by atoms with E-state index < -0.39 is 12.0 Å². The number of hydrazone groups is 1. The van der Waals surface area contributed by atoms with Gasteiger partial charge in [-0.25, -0.2) is 15.0 Å². The zero-order valence-electron chi connectivity index (χ0n) is 13.9. The van der Waals surface area contributed by atoms with Crippen LogP contribution in [0.25, 0.3) is 0 Å². The van der Waals surface area contributed by atoms with Crippen LogP contribution in [0.4, 0.5) is 9.80 Å². The maximum absolute atomic E-state index is 12.1. The van der Waals surface area contributed by atoms with Gasteiger partial charge in [-0.2, -0.15) is 5.10 Å². The number of thiophene rings is 2. The van der Waals surface area contributed by atoms with E-state index in [0.717, 1.165) is 16.2 Å². The minimum atomic E-state index is -0.616. The second kappa shape index (κ2) is 8.54. The van der Waals surface area contributed by atoms with Gasteiger partial charge in [0.15, 0.2) is 5.78 Å². The van der Waals surface area contributed by atoms with Crippen molar-refractivity contribution in [1.29, 1.82) is 0 Å². The van der Waals surface area contributed by atoms with Gasteiger partial charge in [-0.05, 0) is 37.8 Å². The molecule has 2 rings (SSSR count). The first kappa shape index (κ1) is 18.8. The number of anilines is 1. The third-order valence-corrected chi connectivity index (χ3v) is 5.19. The van der Waals surface area contributed by atoms with Gasteiger partial charge < -0.3 is 4.74 Å². The molecule has 0 saturated heterocycles. The van der Waals surface area contributed by atoms with E-state index in [1.807, 2.05) is 17.5 Å². The number of esters is 1. The lowest BCUT2D eigenvalue weighted by Gasteiger charge is -2.06. The predicted molar refractivity (Wildman–Crippen MR) is 99.1 cm³/mol. The van der Waals surface area contributed by atoms with Crippen molar-refractivity contribution in [2.45, 2.75) is 20.8 Å². The van der Waals surface area contributed by atoms with Gasteiger partial charge in [-0.15, -0.1) is 22.7 Å². The van der Waals surface area contributed by atoms with Gasteiger partial charge >= 0.3 is 12.0 Å². The molecule has 2 amide bonds. The predicted octanol–water partition coefficient (Wildman–Crippen LogP) is 3.65. The quantitative estimate of drug-likeness (QED) is 0.346. The summed E-state index contributed by atoms with van der Waals surface area (Å²) in [5.41, 5.74) is 3.00. The van der Waals surface area contributed by atoms with Gasteiger partial charge in [0.2, 0.25) is 0 Å². The zero-order valence-corrected chi connectivity index (χ0v) is 15.5. The summed E-state index contributed by atoms with van der Waals surface area (Å²) < 4.78 is 5.01. The van der Waals surface area contributed by atoms with Gasteiger partial charge in [0, 0.05) is 4.88 Å². The Kier molecular flexibility index (Phi) is 6.43. The molecule has 132 valence electrons. The van der Waals surface area contributed by atoms with Crippen molar-refractivity contribution in [3.63, 3.8) is 0 Å². The maximum Gasteiger partial charge on any atom is 0.341 e. The second-order valence-electron chi connectivity index (χ2n) is 4.88. The van der Waals surface area contributed by atoms with Crippen molar-refractivity contribution < 1.29 is 19.1 Å². The topological polar surface area (TPSA) is 96.9 Å². The fraction of sp³-hybridized carbons (Fsp3) is 0.250. The number of ketones is 1. The number of Topliss-reactive ketones (excluding diaryl/α,β-unsaturated/α-hetero) is 1. The minimum Gasteiger partial charge on any atom is -0.462 e. The highest BCUT2D eigenvalue weighted by Crippen LogP contribution is 2.34. The van der Waals surface area contributed by atoms with Crippen LogP contribution < -0.4 is 10.7 Å². The molecule has 0 aliphatic heterocycles. The first-order valence-corrected chi connectivity index (χ1v) is 9.08. The Morgan fingerprint density at radius 3 is 2.72 bits per heavy atom. The summed E-state index contributed by atoms with van der Waals surface area (Å²) in [5, 5.41) is 8.53. The lowest BCUT2D eigenvalue weighted by molar-refractivity contribution is 0.0527. The summed E-state index contributed by atoms with van der Waals surface area (Å²) in [6.45, 7) is 4.94. The van der Waals surface area contributed by atoms with Crippen molar-refractivity contribution in [1.82, 2.24) is 5.43 Å². The standard InChI is InChI=1S/C16H17N3O4S2/c1-4-23-15(21)12-9(2)13(10(3)20)25-14(12)18-16(22)19-17-8-11-6-5-7-24-11/h5-8H,4H2,1-3H3,(H2,18,19,22). The molecule has 0 saturated carbocycles. The third-order valence-electron chi connectivity index (χ3n) is 3.07. The molecule has 2 aromatic rings. The molecule has 0 spiro atoms. The van der Waals surface area contributed by atoms with Gasteiger partial charge in [-0.1, -0.05) is 6.07 Å². The molecular formula is C16H17N3O4S2. The average Bonchev–Trinajstić information content (AvgIpc) is 3.15. The highest BCUT2D eigenvalue weighted by Gasteiger charge is 2.25. The summed E-state index contributed by atoms with van der Waals surface area (Å²) in [6, 6.07) is 3.11. The van der Waals surface area contributed by atoms with E-state index in [0.29, 0.717) is 10.4 Å². The van der Waals surface area contributed by atoms with Crippen molar-refractivity contribution in [2.24, 2.45) is 5.10 Å². The van der Waals surface area contributed by atoms with E-state index in [-0.39, 0.29) is 23.0 Å². The van der Waals surface area contributed by atoms with Crippen molar-refractivity contribution in [2.75, 3.05) is 11.9 Å². The van der Waals surface area contributed by atoms with Crippen LogP contribution in [-0.4, -0.2) is 30.6 Å². The molecule has 0 radical (unpaired) electrons. The third kappa shape index (κ3) is 4.74. The highest BCUT2D eigenvalue weighted by atomic mass is 32.1. The van der Waals surface area contributed by atoms with Crippen LogP contribution in [-0.2, 0) is 4.74 Å². The Hall–Kier alpha value is -2.52. The summed E-state index contributed by atoms with van der Waals surface area (Å²) in [5.74, 6) is -0.765. The minimum absolute atomic E-state index is 0.183. The lowest BCUT2D eigenvalue weighted by atomic mass is 10.1. The fourth-order valence-corrected chi connectivity index (χ4v) is 3.71. The smallest absolute Gasteiger partial charge is 0.341 e. The average molecular weight is 379 g/mol. The summed E-state index contributed by atoms with van der Waals surface area (Å²) in [7, 11) is 0. The van der Waals surface area contributed by atoms with Crippen molar-refractivity contribution in [3.05, 3.63) is 38.4 Å². The van der Waals surface area contributed by atoms with Crippen LogP contribution in [0.3, 0.4) is 0 Å². The second-order valence-corrected chi connectivity index (χ2v) is 6.88. The van der Waals surface area contributed by atoms with Crippen LogP contribution in [0.2, 0.25) is 0 Å². The molecule has 0 aliphatic carbocycles. The van der Waals surface area contributed by atoms with Crippen LogP contribution in [0, 0.1) is 6.92 Å². The Morgan fingerprint density at radius 2 is 2.12 bits per heavy atom. The lowest BCUT2D eigenvalue weighted by Crippen LogP contribution is -2.24. The maximum atomic E-state index is 12.1. The SMILES string of the molecule is CCOC(=O)c1c(NC(=O)NN=Cc2cccs2)sc(C(C)=O)c1C. The summed E-state index contributed by atoms with van der Waals surface area (Å²) in [4.78, 5) is 37.1. The van der Waals surface area contributed by atoms with Gasteiger partial charge in [0.1, 0.15) is 5.00 Å². The largest absolute Gasteiger partial charge is 0.462 e. The van der Waals surface area contributed by atoms with E-state index >= 15 is 0 Å². The molecule has 0 aliphatic rings. The molecule has 2 aromatic heterocycles. The molecule has 0 unspecified atom stereocenters. The molecular weight excluding hydrogens is 362 g/mol. The summed E-state index contributed by atoms with van der Waals surface area (Å²) >= 11 is 2.52. The van der Waals surface area contributed by atoms with Crippen LogP contribution in [0.5, 0.6) is 0 Å². The Labute approximate surface area is 152 Å². The highest BCUT2D eigenvalue weighted by molar-refractivity contribution is 7.18. The number of carbonyl (C=O) groups excluding carboxylic acids is 3. The van der Waals surface area contributed by atoms with E-state index in [9.17, 15) is 14.4 Å². The van der Waals surface area contributed by atoms with Gasteiger partial charge in [0.25, 0.3) is 0 Å².